The average Bonchev–Trinajstić information content (AvgIpc) is 3.69. The van der Waals surface area contributed by atoms with E-state index >= 15 is 0 Å². The third kappa shape index (κ3) is 19.2. The lowest BCUT2D eigenvalue weighted by molar-refractivity contribution is -0.142. The quantitative estimate of drug-likeness (QED) is 0.0212. The molecule has 1 rings (SSSR count). The van der Waals surface area contributed by atoms with E-state index in [0.29, 0.717) is 12.1 Å². The third-order valence-corrected chi connectivity index (χ3v) is 8.85. The number of carboxylic acids is 1. The number of aromatic amines is 1. The van der Waals surface area contributed by atoms with Crippen molar-refractivity contribution in [3.8, 4) is 0 Å². The smallest absolute Gasteiger partial charge is 0.326 e. The second kappa shape index (κ2) is 26.4. The SMILES string of the molecule is CC[C@H](C)[C@H](NC(=O)CN)C(=O)N[C@@H](CCCN=C(N)N)C(=O)N[C@@H](Cc1cnc[nH]1)C(=O)N[C@H](C(=O)N[C@@H](CC(N)=O)C(=O)N[C@@H](CCCN=C(N)N)C(=O)O)[C@@H](C)O. The topological polar surface area (TPSA) is 459 Å². The number of amides is 7. The van der Waals surface area contributed by atoms with Crippen LogP contribution in [-0.4, -0.2) is 141 Å². The molecule has 0 aliphatic heterocycles. The van der Waals surface area contributed by atoms with Gasteiger partial charge in [0.25, 0.3) is 0 Å². The van der Waals surface area contributed by atoms with Crippen molar-refractivity contribution in [2.45, 2.75) is 108 Å². The monoisotopic (exact) mass is 852 g/mol. The predicted octanol–water partition coefficient (Wildman–Crippen LogP) is -6.69. The summed E-state index contributed by atoms with van der Waals surface area (Å²) in [6.45, 7) is 4.35. The van der Waals surface area contributed by atoms with Crippen LogP contribution in [0.3, 0.4) is 0 Å². The van der Waals surface area contributed by atoms with Crippen LogP contribution in [0.2, 0.25) is 0 Å². The number of carboxylic acid groups (broad SMARTS) is 1. The van der Waals surface area contributed by atoms with Crippen LogP contribution in [0.1, 0.15) is 65.0 Å². The molecule has 0 aromatic carbocycles. The molecule has 1 heterocycles. The van der Waals surface area contributed by atoms with Crippen molar-refractivity contribution in [2.75, 3.05) is 19.6 Å². The first-order valence-corrected chi connectivity index (χ1v) is 19.0. The molecule has 0 saturated heterocycles. The highest BCUT2D eigenvalue weighted by Crippen LogP contribution is 2.11. The number of aromatic nitrogens is 2. The van der Waals surface area contributed by atoms with E-state index in [4.69, 9.17) is 34.4 Å². The van der Waals surface area contributed by atoms with Gasteiger partial charge in [-0.25, -0.2) is 9.78 Å². The highest BCUT2D eigenvalue weighted by Gasteiger charge is 2.36. The number of H-pyrrole nitrogens is 1. The summed E-state index contributed by atoms with van der Waals surface area (Å²) in [5.41, 5.74) is 32.5. The van der Waals surface area contributed by atoms with Crippen molar-refractivity contribution in [2.24, 2.45) is 50.3 Å². The maximum atomic E-state index is 13.9. The average molecular weight is 853 g/mol. The second-order valence-corrected chi connectivity index (χ2v) is 13.8. The first kappa shape index (κ1) is 51.4. The summed E-state index contributed by atoms with van der Waals surface area (Å²) >= 11 is 0. The Balaban J connectivity index is 3.40. The summed E-state index contributed by atoms with van der Waals surface area (Å²) in [4.78, 5) is 118. The molecule has 0 aliphatic carbocycles. The Morgan fingerprint density at radius 1 is 0.717 bits per heavy atom. The second-order valence-electron chi connectivity index (χ2n) is 13.8. The number of primary amides is 1. The van der Waals surface area contributed by atoms with Crippen molar-refractivity contribution in [1.29, 1.82) is 0 Å². The molecule has 1 aromatic rings. The van der Waals surface area contributed by atoms with Gasteiger partial charge in [-0.3, -0.25) is 43.5 Å². The van der Waals surface area contributed by atoms with Crippen molar-refractivity contribution >= 4 is 59.2 Å². The van der Waals surface area contributed by atoms with Crippen LogP contribution in [0.25, 0.3) is 0 Å². The zero-order valence-corrected chi connectivity index (χ0v) is 33.8. The Kier molecular flexibility index (Phi) is 22.7. The van der Waals surface area contributed by atoms with E-state index in [1.165, 1.54) is 12.5 Å². The minimum atomic E-state index is -1.82. The van der Waals surface area contributed by atoms with Crippen LogP contribution >= 0.6 is 0 Å². The normalized spacial score (nSPS) is 14.8. The maximum Gasteiger partial charge on any atom is 0.326 e. The van der Waals surface area contributed by atoms with Crippen molar-refractivity contribution in [3.05, 3.63) is 18.2 Å². The van der Waals surface area contributed by atoms with Gasteiger partial charge in [-0.2, -0.15) is 0 Å². The fraction of sp³-hybridized carbons (Fsp3) is 0.618. The number of aliphatic carboxylic acids is 1. The summed E-state index contributed by atoms with van der Waals surface area (Å²) in [6.07, 6.45) is 0.523. The molecule has 1 aromatic heterocycles. The van der Waals surface area contributed by atoms with Gasteiger partial charge in [0.2, 0.25) is 41.4 Å². The molecule has 60 heavy (non-hydrogen) atoms. The fourth-order valence-electron chi connectivity index (χ4n) is 5.43. The van der Waals surface area contributed by atoms with Crippen molar-refractivity contribution in [1.82, 2.24) is 41.9 Å². The number of carbonyl (C=O) groups excluding carboxylic acids is 7. The van der Waals surface area contributed by atoms with Gasteiger partial charge in [-0.15, -0.1) is 0 Å². The van der Waals surface area contributed by atoms with Gasteiger partial charge in [0, 0.05) is 31.4 Å². The van der Waals surface area contributed by atoms with Gasteiger partial charge in [0.05, 0.1) is 25.4 Å². The van der Waals surface area contributed by atoms with E-state index in [0.717, 1.165) is 6.92 Å². The molecule has 26 heteroatoms. The standard InChI is InChI=1S/C34H60N16O10/c1-4-16(2)25(49-24(53)13-35)30(57)45-19(7-5-9-42-33(37)38)27(54)47-21(11-18-14-41-15-44-18)29(56)50-26(17(3)51)31(58)48-22(12-23(36)52)28(55)46-20(32(59)60)8-6-10-43-34(39)40/h14-17,19-22,25-26,51H,4-13,35H2,1-3H3,(H2,36,52)(H,41,44)(H,45,57)(H,46,55)(H,47,54)(H,48,58)(H,49,53)(H,50,56)(H,59,60)(H4,37,38,42)(H4,39,40,43)/t16-,17+,19-,20-,21-,22-,25-,26-/m0/s1. The van der Waals surface area contributed by atoms with E-state index in [1.54, 1.807) is 13.8 Å². The zero-order valence-electron chi connectivity index (χ0n) is 33.8. The molecule has 26 nitrogen and oxygen atoms in total. The van der Waals surface area contributed by atoms with Crippen LogP contribution in [0.4, 0.5) is 0 Å². The highest BCUT2D eigenvalue weighted by atomic mass is 16.4. The molecule has 0 fully saturated rings. The highest BCUT2D eigenvalue weighted by molar-refractivity contribution is 5.98. The fourth-order valence-corrected chi connectivity index (χ4v) is 5.43. The Morgan fingerprint density at radius 2 is 1.22 bits per heavy atom. The lowest BCUT2D eigenvalue weighted by atomic mass is 9.97. The molecule has 21 N–H and O–H groups in total. The molecule has 0 unspecified atom stereocenters. The van der Waals surface area contributed by atoms with E-state index < -0.39 is 103 Å². The number of aliphatic hydroxyl groups excluding tert-OH is 1. The molecule has 8 atom stereocenters. The van der Waals surface area contributed by atoms with E-state index in [9.17, 15) is 48.6 Å². The first-order chi connectivity index (χ1) is 28.2. The Bertz CT molecular complexity index is 1660. The summed E-state index contributed by atoms with van der Waals surface area (Å²) in [6, 6.07) is -9.00. The number of aliphatic hydroxyl groups is 1. The van der Waals surface area contributed by atoms with Crippen molar-refractivity contribution < 1.29 is 48.6 Å². The Morgan fingerprint density at radius 3 is 1.70 bits per heavy atom. The van der Waals surface area contributed by atoms with E-state index in [-0.39, 0.29) is 63.0 Å². The van der Waals surface area contributed by atoms with Crippen LogP contribution in [0, 0.1) is 5.92 Å². The molecule has 0 radical (unpaired) electrons. The summed E-state index contributed by atoms with van der Waals surface area (Å²) in [5, 5.41) is 34.7. The predicted molar refractivity (Wildman–Crippen MR) is 215 cm³/mol. The van der Waals surface area contributed by atoms with Gasteiger partial charge >= 0.3 is 5.97 Å². The number of nitrogens with two attached hydrogens (primary N) is 6. The van der Waals surface area contributed by atoms with Gasteiger partial charge in [-0.1, -0.05) is 20.3 Å². The van der Waals surface area contributed by atoms with Crippen LogP contribution in [0.15, 0.2) is 22.5 Å². The number of hydrogen-bond acceptors (Lipinski definition) is 13. The van der Waals surface area contributed by atoms with Crippen LogP contribution in [-0.2, 0) is 44.8 Å². The minimum absolute atomic E-state index is 0.0450. The van der Waals surface area contributed by atoms with Gasteiger partial charge < -0.3 is 81.5 Å². The van der Waals surface area contributed by atoms with Crippen LogP contribution < -0.4 is 66.3 Å². The van der Waals surface area contributed by atoms with E-state index in [1.807, 2.05) is 0 Å². The summed E-state index contributed by atoms with van der Waals surface area (Å²) in [5.74, 6) is -8.87. The molecule has 0 aliphatic rings. The van der Waals surface area contributed by atoms with Crippen LogP contribution in [0.5, 0.6) is 0 Å². The number of guanidine groups is 2. The molecular weight excluding hydrogens is 792 g/mol. The largest absolute Gasteiger partial charge is 0.480 e. The molecule has 336 valence electrons. The third-order valence-electron chi connectivity index (χ3n) is 8.85. The number of imidazole rings is 1. The summed E-state index contributed by atoms with van der Waals surface area (Å²) < 4.78 is 0. The minimum Gasteiger partial charge on any atom is -0.480 e. The lowest BCUT2D eigenvalue weighted by Crippen LogP contribution is -2.62. The number of nitrogens with zero attached hydrogens (tertiary/aromatic N) is 3. The van der Waals surface area contributed by atoms with Crippen molar-refractivity contribution in [3.63, 3.8) is 0 Å². The summed E-state index contributed by atoms with van der Waals surface area (Å²) in [7, 11) is 0. The number of nitrogens with one attached hydrogen (secondary N) is 7. The lowest BCUT2D eigenvalue weighted by Gasteiger charge is -2.29. The molecule has 0 bridgehead atoms. The maximum absolute atomic E-state index is 13.9. The molecular formula is C34H60N16O10. The number of aliphatic imine (C=N–C) groups is 2. The Hall–Kier alpha value is -6.57. The molecule has 0 spiro atoms. The van der Waals surface area contributed by atoms with Gasteiger partial charge in [-0.05, 0) is 38.5 Å². The number of carbonyl (C=O) groups is 8. The Labute approximate surface area is 345 Å². The van der Waals surface area contributed by atoms with Gasteiger partial charge in [0.1, 0.15) is 36.3 Å². The first-order valence-electron chi connectivity index (χ1n) is 19.0. The number of hydrogen-bond donors (Lipinski definition) is 15. The van der Waals surface area contributed by atoms with E-state index in [2.05, 4.69) is 51.9 Å². The van der Waals surface area contributed by atoms with Gasteiger partial charge in [0.15, 0.2) is 11.9 Å². The number of rotatable bonds is 28. The molecule has 0 saturated carbocycles. The molecule has 7 amide bonds. The zero-order chi connectivity index (χ0) is 45.5.